The standard InChI is InChI=1S/C14H23O6P/c15-6-8-18-10-11-19-12-13-21(17,20-9-7-16)14-4-2-1-3-5-14/h1-5,15-16H,6-13H2. The Hall–Kier alpha value is -0.750. The second-order valence-corrected chi connectivity index (χ2v) is 6.81. The van der Waals surface area contributed by atoms with Crippen molar-refractivity contribution in [1.29, 1.82) is 0 Å². The van der Waals surface area contributed by atoms with Crippen LogP contribution in [0, 0.1) is 0 Å². The molecule has 0 radical (unpaired) electrons. The van der Waals surface area contributed by atoms with Gasteiger partial charge in [-0.2, -0.15) is 0 Å². The highest BCUT2D eigenvalue weighted by Gasteiger charge is 2.25. The van der Waals surface area contributed by atoms with Crippen LogP contribution in [0.3, 0.4) is 0 Å². The quantitative estimate of drug-likeness (QED) is 0.434. The summed E-state index contributed by atoms with van der Waals surface area (Å²) < 4.78 is 28.6. The fourth-order valence-electron chi connectivity index (χ4n) is 1.68. The second-order valence-electron chi connectivity index (χ2n) is 4.24. The van der Waals surface area contributed by atoms with Crippen molar-refractivity contribution in [1.82, 2.24) is 0 Å². The first-order chi connectivity index (χ1) is 10.2. The van der Waals surface area contributed by atoms with Gasteiger partial charge in [-0.25, -0.2) is 0 Å². The van der Waals surface area contributed by atoms with E-state index in [4.69, 9.17) is 24.2 Å². The van der Waals surface area contributed by atoms with Crippen LogP contribution < -0.4 is 5.30 Å². The van der Waals surface area contributed by atoms with Gasteiger partial charge in [0.2, 0.25) is 7.37 Å². The van der Waals surface area contributed by atoms with E-state index in [1.54, 1.807) is 24.3 Å². The normalized spacial score (nSPS) is 14.0. The Kier molecular flexibility index (Phi) is 9.50. The highest BCUT2D eigenvalue weighted by molar-refractivity contribution is 7.67. The zero-order valence-electron chi connectivity index (χ0n) is 12.0. The van der Waals surface area contributed by atoms with Crippen molar-refractivity contribution in [2.45, 2.75) is 0 Å². The van der Waals surface area contributed by atoms with Crippen LogP contribution in [0.1, 0.15) is 0 Å². The molecule has 2 N–H and O–H groups in total. The predicted molar refractivity (Wildman–Crippen MR) is 80.3 cm³/mol. The van der Waals surface area contributed by atoms with Gasteiger partial charge in [0, 0.05) is 5.30 Å². The molecule has 0 amide bonds. The third-order valence-electron chi connectivity index (χ3n) is 2.68. The van der Waals surface area contributed by atoms with Crippen LogP contribution >= 0.6 is 7.37 Å². The van der Waals surface area contributed by atoms with Gasteiger partial charge in [-0.3, -0.25) is 4.57 Å². The Morgan fingerprint density at radius 2 is 1.48 bits per heavy atom. The number of rotatable bonds is 12. The Morgan fingerprint density at radius 3 is 2.10 bits per heavy atom. The molecule has 0 fully saturated rings. The molecule has 0 aliphatic carbocycles. The Balaban J connectivity index is 2.42. The molecule has 0 spiro atoms. The highest BCUT2D eigenvalue weighted by Crippen LogP contribution is 2.45. The van der Waals surface area contributed by atoms with Crippen molar-refractivity contribution >= 4 is 12.7 Å². The van der Waals surface area contributed by atoms with E-state index in [1.807, 2.05) is 6.07 Å². The number of ether oxygens (including phenoxy) is 2. The van der Waals surface area contributed by atoms with E-state index >= 15 is 0 Å². The Morgan fingerprint density at radius 1 is 0.857 bits per heavy atom. The summed E-state index contributed by atoms with van der Waals surface area (Å²) in [6.07, 6.45) is 0.247. The summed E-state index contributed by atoms with van der Waals surface area (Å²) in [7, 11) is -3.02. The van der Waals surface area contributed by atoms with Crippen molar-refractivity contribution in [3.05, 3.63) is 30.3 Å². The Bertz CT molecular complexity index is 411. The molecule has 1 aromatic rings. The smallest absolute Gasteiger partial charge is 0.234 e. The van der Waals surface area contributed by atoms with E-state index in [0.29, 0.717) is 18.5 Å². The van der Waals surface area contributed by atoms with Crippen molar-refractivity contribution in [2.75, 3.05) is 52.4 Å². The van der Waals surface area contributed by atoms with E-state index in [2.05, 4.69) is 0 Å². The van der Waals surface area contributed by atoms with Gasteiger partial charge in [0.15, 0.2) is 0 Å². The van der Waals surface area contributed by atoms with Gasteiger partial charge in [-0.05, 0) is 12.1 Å². The molecule has 21 heavy (non-hydrogen) atoms. The van der Waals surface area contributed by atoms with Crippen molar-refractivity contribution in [2.24, 2.45) is 0 Å². The second kappa shape index (κ2) is 10.9. The van der Waals surface area contributed by atoms with Gasteiger partial charge in [-0.1, -0.05) is 18.2 Å². The first-order valence-electron chi connectivity index (χ1n) is 6.89. The third-order valence-corrected chi connectivity index (χ3v) is 5.13. The minimum absolute atomic E-state index is 0.0157. The number of hydrogen-bond acceptors (Lipinski definition) is 6. The molecule has 0 aliphatic heterocycles. The zero-order chi connectivity index (χ0) is 15.4. The van der Waals surface area contributed by atoms with E-state index < -0.39 is 7.37 Å². The molecule has 0 heterocycles. The van der Waals surface area contributed by atoms with Crippen LogP contribution in [0.25, 0.3) is 0 Å². The lowest BCUT2D eigenvalue weighted by molar-refractivity contribution is 0.0370. The minimum Gasteiger partial charge on any atom is -0.394 e. The van der Waals surface area contributed by atoms with E-state index in [9.17, 15) is 4.57 Å². The molecule has 1 atom stereocenters. The zero-order valence-corrected chi connectivity index (χ0v) is 12.9. The molecule has 7 heteroatoms. The molecule has 1 rings (SSSR count). The number of aliphatic hydroxyl groups excluding tert-OH is 2. The largest absolute Gasteiger partial charge is 0.394 e. The van der Waals surface area contributed by atoms with Crippen LogP contribution in [0.5, 0.6) is 0 Å². The lowest BCUT2D eigenvalue weighted by atomic mass is 10.4. The molecule has 1 aromatic carbocycles. The predicted octanol–water partition coefficient (Wildman–Crippen LogP) is 0.624. The third kappa shape index (κ3) is 7.18. The molecule has 0 saturated heterocycles. The molecule has 0 saturated carbocycles. The maximum absolute atomic E-state index is 12.8. The lowest BCUT2D eigenvalue weighted by Gasteiger charge is -2.18. The average Bonchev–Trinajstić information content (AvgIpc) is 2.53. The fourth-order valence-corrected chi connectivity index (χ4v) is 3.59. The molecule has 120 valence electrons. The number of aliphatic hydroxyl groups is 2. The summed E-state index contributed by atoms with van der Waals surface area (Å²) in [6, 6.07) is 8.95. The first kappa shape index (κ1) is 18.3. The van der Waals surface area contributed by atoms with Crippen LogP contribution in [-0.2, 0) is 18.6 Å². The molecule has 1 unspecified atom stereocenters. The maximum Gasteiger partial charge on any atom is 0.234 e. The molecular weight excluding hydrogens is 295 g/mol. The molecule has 0 aliphatic rings. The van der Waals surface area contributed by atoms with Crippen LogP contribution in [-0.4, -0.2) is 62.6 Å². The van der Waals surface area contributed by atoms with Crippen LogP contribution in [0.4, 0.5) is 0 Å². The van der Waals surface area contributed by atoms with E-state index in [-0.39, 0.29) is 39.2 Å². The molecule has 0 bridgehead atoms. The summed E-state index contributed by atoms with van der Waals surface area (Å²) in [6.45, 7) is 1.16. The summed E-state index contributed by atoms with van der Waals surface area (Å²) in [5.74, 6) is 0. The highest BCUT2D eigenvalue weighted by atomic mass is 31.2. The molecule has 6 nitrogen and oxygen atoms in total. The van der Waals surface area contributed by atoms with Gasteiger partial charge in [0.1, 0.15) is 0 Å². The maximum atomic E-state index is 12.8. The topological polar surface area (TPSA) is 85.2 Å². The summed E-state index contributed by atoms with van der Waals surface area (Å²) in [4.78, 5) is 0. The summed E-state index contributed by atoms with van der Waals surface area (Å²) in [5.41, 5.74) is 0. The van der Waals surface area contributed by atoms with E-state index in [1.165, 1.54) is 0 Å². The summed E-state index contributed by atoms with van der Waals surface area (Å²) in [5, 5.41) is 18.0. The van der Waals surface area contributed by atoms with Gasteiger partial charge in [0.25, 0.3) is 0 Å². The van der Waals surface area contributed by atoms with Gasteiger partial charge in [0.05, 0.1) is 52.4 Å². The lowest BCUT2D eigenvalue weighted by Crippen LogP contribution is -2.16. The van der Waals surface area contributed by atoms with Crippen LogP contribution in [0.2, 0.25) is 0 Å². The average molecular weight is 318 g/mol. The molecular formula is C14H23O6P. The van der Waals surface area contributed by atoms with Crippen LogP contribution in [0.15, 0.2) is 30.3 Å². The molecule has 0 aromatic heterocycles. The summed E-state index contributed by atoms with van der Waals surface area (Å²) >= 11 is 0. The van der Waals surface area contributed by atoms with Gasteiger partial charge in [-0.15, -0.1) is 0 Å². The SMILES string of the molecule is O=P(CCOCCOCCO)(OCCO)c1ccccc1. The van der Waals surface area contributed by atoms with Crippen molar-refractivity contribution in [3.8, 4) is 0 Å². The van der Waals surface area contributed by atoms with Crippen molar-refractivity contribution in [3.63, 3.8) is 0 Å². The van der Waals surface area contributed by atoms with Gasteiger partial charge >= 0.3 is 0 Å². The van der Waals surface area contributed by atoms with Crippen molar-refractivity contribution < 1.29 is 28.8 Å². The minimum atomic E-state index is -3.02. The monoisotopic (exact) mass is 318 g/mol. The number of benzene rings is 1. The number of hydrogen-bond donors (Lipinski definition) is 2. The fraction of sp³-hybridized carbons (Fsp3) is 0.571. The van der Waals surface area contributed by atoms with E-state index in [0.717, 1.165) is 0 Å². The van der Waals surface area contributed by atoms with Gasteiger partial charge < -0.3 is 24.2 Å². The first-order valence-corrected chi connectivity index (χ1v) is 8.70. The Labute approximate surface area is 125 Å².